The maximum atomic E-state index is 14.8. The van der Waals surface area contributed by atoms with Crippen LogP contribution >= 0.6 is 0 Å². The lowest BCUT2D eigenvalue weighted by Gasteiger charge is -2.29. The monoisotopic (exact) mass is 1440 g/mol. The molecule has 0 unspecified atom stereocenters. The Labute approximate surface area is 588 Å². The molecule has 0 aromatic rings. The van der Waals surface area contributed by atoms with Crippen LogP contribution in [0.4, 0.5) is 0 Å². The number of rotatable bonds is 52. The highest BCUT2D eigenvalue weighted by atomic mass is 16.4. The van der Waals surface area contributed by atoms with Crippen molar-refractivity contribution in [3.05, 3.63) is 0 Å². The summed E-state index contributed by atoms with van der Waals surface area (Å²) in [6.45, 7) is 5.01. The molecule has 37 N–H and O–H groups in total. The Morgan fingerprint density at radius 2 is 0.683 bits per heavy atom. The van der Waals surface area contributed by atoms with E-state index in [9.17, 15) is 63.0 Å². The molecule has 574 valence electrons. The van der Waals surface area contributed by atoms with Gasteiger partial charge in [-0.15, -0.1) is 0 Å². The third-order valence-electron chi connectivity index (χ3n) is 15.9. The number of likely N-dealkylation sites (tertiary alicyclic amines) is 1. The van der Waals surface area contributed by atoms with Crippen molar-refractivity contribution in [2.24, 2.45) is 99.5 Å². The van der Waals surface area contributed by atoms with Crippen LogP contribution in [0.5, 0.6) is 0 Å². The second kappa shape index (κ2) is 49.8. The average molecular weight is 1440 g/mol. The molecule has 41 nitrogen and oxygen atoms in total. The van der Waals surface area contributed by atoms with Crippen LogP contribution < -0.4 is 122 Å². The van der Waals surface area contributed by atoms with Gasteiger partial charge in [-0.3, -0.25) is 72.9 Å². The van der Waals surface area contributed by atoms with Crippen LogP contribution in [0.15, 0.2) is 25.0 Å². The first-order valence-corrected chi connectivity index (χ1v) is 34.2. The van der Waals surface area contributed by atoms with E-state index in [0.29, 0.717) is 38.5 Å². The maximum absolute atomic E-state index is 14.8. The maximum Gasteiger partial charge on any atom is 0.326 e. The molecule has 1 heterocycles. The number of guanidine groups is 5. The summed E-state index contributed by atoms with van der Waals surface area (Å²) in [6.07, 6.45) is 1.77. The predicted octanol–water partition coefficient (Wildman–Crippen LogP) is -9.13. The van der Waals surface area contributed by atoms with Gasteiger partial charge in [0, 0.05) is 39.3 Å². The Morgan fingerprint density at radius 3 is 0.970 bits per heavy atom. The number of amides is 10. The third-order valence-corrected chi connectivity index (χ3v) is 15.9. The third kappa shape index (κ3) is 37.4. The summed E-state index contributed by atoms with van der Waals surface area (Å²) in [6, 6.07) is -15.0. The van der Waals surface area contributed by atoms with Gasteiger partial charge in [0.25, 0.3) is 0 Å². The smallest absolute Gasteiger partial charge is 0.326 e. The van der Waals surface area contributed by atoms with Gasteiger partial charge < -0.3 is 138 Å². The zero-order valence-electron chi connectivity index (χ0n) is 58.5. The van der Waals surface area contributed by atoms with E-state index >= 15 is 0 Å². The van der Waals surface area contributed by atoms with E-state index in [1.165, 1.54) is 18.7 Å². The topological polar surface area (TPSA) is 740 Å². The number of carbonyl (C=O) groups excluding carboxylic acids is 10. The Balaban J connectivity index is 3.82. The van der Waals surface area contributed by atoms with Gasteiger partial charge in [-0.2, -0.15) is 0 Å². The quantitative estimate of drug-likeness (QED) is 0.0153. The minimum Gasteiger partial charge on any atom is -0.480 e. The summed E-state index contributed by atoms with van der Waals surface area (Å²) in [5.74, 6) is -11.0. The number of aliphatic imine (C=N–C) groups is 5. The number of aliphatic carboxylic acids is 1. The molecule has 0 bridgehead atoms. The summed E-state index contributed by atoms with van der Waals surface area (Å²) in [4.78, 5) is 175. The van der Waals surface area contributed by atoms with Gasteiger partial charge in [-0.25, -0.2) is 4.79 Å². The Morgan fingerprint density at radius 1 is 0.406 bits per heavy atom. The summed E-state index contributed by atoms with van der Waals surface area (Å²) in [5.41, 5.74) is 73.1. The molecule has 12 atom stereocenters. The van der Waals surface area contributed by atoms with E-state index in [-0.39, 0.29) is 178 Å². The molecule has 1 aliphatic rings. The summed E-state index contributed by atoms with van der Waals surface area (Å²) >= 11 is 0. The van der Waals surface area contributed by atoms with Crippen molar-refractivity contribution in [2.75, 3.05) is 52.4 Å². The standard InChI is InChI=1S/C60H116N28O13/c1-4-5-16-42(55(100)101)87-52(97)41(23-14-31-78-60(72)73)85-48(93)36(18-7-9-26-62)81-47(92)35(17-6-8-25-61)82-50(95)39(21-12-29-76-58(68)69)84-51(96)40(22-13-30-77-59(70)71)83-49(94)38(20-11-28-75-57(66)67)80-45(90)33(2)79-46(91)37(19-10-27-74-56(64)65)86-53(98)43-24-15-32-88(43)54(99)44(63)34(3)89/h33-44,89H,4-32,61-63H2,1-3H3,(H,79,91)(H,80,90)(H,81,92)(H,82,95)(H,83,94)(H,84,96)(H,85,93)(H,86,98)(H,87,97)(H,100,101)(H4,64,65,74)(H4,66,67,75)(H4,68,69,76)(H4,70,71,77)(H4,72,73,78)/t33-,34+,35-,36-,37-,38-,39-,40-,41-,42-,43-,44-/m0/s1. The number of nitrogens with two attached hydrogens (primary N) is 13. The molecular weight excluding hydrogens is 1320 g/mol. The fourth-order valence-corrected chi connectivity index (χ4v) is 10.3. The molecule has 0 spiro atoms. The average Bonchev–Trinajstić information content (AvgIpc) is 1.75. The lowest BCUT2D eigenvalue weighted by atomic mass is 10.0. The van der Waals surface area contributed by atoms with E-state index in [1.807, 2.05) is 6.92 Å². The zero-order valence-corrected chi connectivity index (χ0v) is 58.5. The van der Waals surface area contributed by atoms with Crippen molar-refractivity contribution in [2.45, 2.75) is 228 Å². The van der Waals surface area contributed by atoms with E-state index < -0.39 is 138 Å². The number of aliphatic hydroxyl groups excluding tert-OH is 1. The normalized spacial score (nSPS) is 15.7. The van der Waals surface area contributed by atoms with Crippen molar-refractivity contribution in [3.8, 4) is 0 Å². The van der Waals surface area contributed by atoms with Gasteiger partial charge in [-0.05, 0) is 149 Å². The molecule has 0 saturated carbocycles. The number of carboxylic acids is 1. The Hall–Kier alpha value is -9.64. The molecule has 0 radical (unpaired) electrons. The minimum atomic E-state index is -1.52. The van der Waals surface area contributed by atoms with Gasteiger partial charge in [0.05, 0.1) is 6.10 Å². The molecule has 1 fully saturated rings. The van der Waals surface area contributed by atoms with Crippen LogP contribution in [0.3, 0.4) is 0 Å². The number of carbonyl (C=O) groups is 11. The number of nitrogens with zero attached hydrogens (tertiary/aromatic N) is 6. The SMILES string of the molecule is CCCC[C@H](NC(=O)[C@H](CCCN=C(N)N)NC(=O)[C@H](CCCCN)NC(=O)[C@H](CCCCN)NC(=O)[C@H](CCCN=C(N)N)NC(=O)[C@H](CCCN=C(N)N)NC(=O)[C@H](CCCN=C(N)N)NC(=O)[C@H](C)NC(=O)[C@H](CCCN=C(N)N)NC(=O)[C@@H]1CCCN1C(=O)[C@@H](N)[C@@H](C)O)C(=O)O. The van der Waals surface area contributed by atoms with Crippen molar-refractivity contribution >= 4 is 94.8 Å². The first-order valence-electron chi connectivity index (χ1n) is 34.2. The van der Waals surface area contributed by atoms with E-state index in [1.54, 1.807) is 0 Å². The number of unbranched alkanes of at least 4 members (excludes halogenated alkanes) is 3. The fraction of sp³-hybridized carbons (Fsp3) is 0.733. The molecule has 101 heavy (non-hydrogen) atoms. The lowest BCUT2D eigenvalue weighted by Crippen LogP contribution is -2.60. The number of nitrogens with one attached hydrogen (secondary N) is 9. The van der Waals surface area contributed by atoms with Gasteiger partial charge in [0.15, 0.2) is 29.8 Å². The minimum absolute atomic E-state index is 0.00842. The first-order chi connectivity index (χ1) is 47.8. The molecule has 1 rings (SSSR count). The fourth-order valence-electron chi connectivity index (χ4n) is 10.3. The first kappa shape index (κ1) is 89.4. The van der Waals surface area contributed by atoms with Crippen molar-refractivity contribution in [3.63, 3.8) is 0 Å². The highest BCUT2D eigenvalue weighted by molar-refractivity contribution is 5.99. The van der Waals surface area contributed by atoms with Gasteiger partial charge >= 0.3 is 5.97 Å². The molecule has 41 heteroatoms. The van der Waals surface area contributed by atoms with Crippen molar-refractivity contribution in [1.82, 2.24) is 52.8 Å². The molecule has 0 aromatic heterocycles. The summed E-state index contributed by atoms with van der Waals surface area (Å²) in [7, 11) is 0. The van der Waals surface area contributed by atoms with Crippen molar-refractivity contribution in [1.29, 1.82) is 0 Å². The van der Waals surface area contributed by atoms with Gasteiger partial charge in [0.1, 0.15) is 66.5 Å². The van der Waals surface area contributed by atoms with Crippen LogP contribution in [0.2, 0.25) is 0 Å². The van der Waals surface area contributed by atoms with E-state index in [0.717, 1.165) is 0 Å². The molecule has 1 aliphatic heterocycles. The predicted molar refractivity (Wildman–Crippen MR) is 380 cm³/mol. The van der Waals surface area contributed by atoms with E-state index in [4.69, 9.17) is 74.5 Å². The van der Waals surface area contributed by atoms with Gasteiger partial charge in [-0.1, -0.05) is 19.8 Å². The zero-order chi connectivity index (χ0) is 76.1. The Kier molecular flexibility index (Phi) is 44.1. The number of aliphatic hydroxyl groups is 1. The highest BCUT2D eigenvalue weighted by Gasteiger charge is 2.40. The van der Waals surface area contributed by atoms with Crippen LogP contribution in [0.1, 0.15) is 156 Å². The summed E-state index contributed by atoms with van der Waals surface area (Å²) in [5, 5.41) is 43.6. The molecule has 10 amide bonds. The van der Waals surface area contributed by atoms with Crippen LogP contribution in [0, 0.1) is 0 Å². The molecule has 0 aliphatic carbocycles. The highest BCUT2D eigenvalue weighted by Crippen LogP contribution is 2.20. The Bertz CT molecular complexity index is 2790. The number of carboxylic acid groups (broad SMARTS) is 1. The molecular formula is C60H116N28O13. The van der Waals surface area contributed by atoms with Crippen LogP contribution in [-0.4, -0.2) is 235 Å². The second-order valence-corrected chi connectivity index (χ2v) is 24.5. The van der Waals surface area contributed by atoms with Crippen LogP contribution in [0.25, 0.3) is 0 Å². The van der Waals surface area contributed by atoms with Gasteiger partial charge in [0.2, 0.25) is 59.1 Å². The summed E-state index contributed by atoms with van der Waals surface area (Å²) < 4.78 is 0. The molecule has 0 aromatic carbocycles. The van der Waals surface area contributed by atoms with Crippen molar-refractivity contribution < 1.29 is 63.0 Å². The molecule has 1 saturated heterocycles. The van der Waals surface area contributed by atoms with E-state index in [2.05, 4.69) is 72.8 Å². The largest absolute Gasteiger partial charge is 0.480 e. The lowest BCUT2D eigenvalue weighted by molar-refractivity contribution is -0.142. The second-order valence-electron chi connectivity index (χ2n) is 24.5. The number of hydrogen-bond donors (Lipinski definition) is 24. The van der Waals surface area contributed by atoms with Crippen LogP contribution in [-0.2, 0) is 52.7 Å². The number of hydrogen-bond acceptors (Lipinski definition) is 20.